The van der Waals surface area contributed by atoms with Crippen molar-refractivity contribution in [1.29, 1.82) is 0 Å². The first-order valence-electron chi connectivity index (χ1n) is 11.3. The van der Waals surface area contributed by atoms with E-state index in [1.165, 1.54) is 17.3 Å². The molecule has 5 nitrogen and oxygen atoms in total. The minimum atomic E-state index is -0.0452. The lowest BCUT2D eigenvalue weighted by molar-refractivity contribution is -0.119. The Morgan fingerprint density at radius 3 is 2.46 bits per heavy atom. The molecule has 180 valence electrons. The summed E-state index contributed by atoms with van der Waals surface area (Å²) in [5.74, 6) is 0.849. The lowest BCUT2D eigenvalue weighted by atomic mass is 10.1. The van der Waals surface area contributed by atoms with Crippen molar-refractivity contribution in [2.24, 2.45) is 0 Å². The van der Waals surface area contributed by atoms with Crippen LogP contribution in [0.15, 0.2) is 78.0 Å². The highest BCUT2D eigenvalue weighted by molar-refractivity contribution is 7.99. The predicted octanol–water partition coefficient (Wildman–Crippen LogP) is 6.78. The van der Waals surface area contributed by atoms with Crippen molar-refractivity contribution < 1.29 is 4.79 Å². The zero-order valence-electron chi connectivity index (χ0n) is 19.5. The van der Waals surface area contributed by atoms with Gasteiger partial charge in [-0.2, -0.15) is 0 Å². The summed E-state index contributed by atoms with van der Waals surface area (Å²) >= 11 is 13.8. The van der Waals surface area contributed by atoms with E-state index < -0.39 is 0 Å². The minimum Gasteiger partial charge on any atom is -0.353 e. The minimum absolute atomic E-state index is 0.0452. The number of carbonyl (C=O) groups excluding carboxylic acids is 1. The third-order valence-corrected chi connectivity index (χ3v) is 7.22. The molecule has 4 aromatic rings. The topological polar surface area (TPSA) is 59.8 Å². The average Bonchev–Trinajstić information content (AvgIpc) is 3.28. The lowest BCUT2D eigenvalue weighted by Crippen LogP contribution is -2.34. The van der Waals surface area contributed by atoms with E-state index in [2.05, 4.69) is 27.6 Å². The van der Waals surface area contributed by atoms with Crippen molar-refractivity contribution in [3.05, 3.63) is 94.0 Å². The molecule has 0 aliphatic carbocycles. The van der Waals surface area contributed by atoms with Gasteiger partial charge in [0.15, 0.2) is 11.0 Å². The van der Waals surface area contributed by atoms with Crippen molar-refractivity contribution in [2.75, 3.05) is 5.75 Å². The number of nitrogens with one attached hydrogen (secondary N) is 1. The third kappa shape index (κ3) is 6.66. The summed E-state index contributed by atoms with van der Waals surface area (Å²) in [4.78, 5) is 12.7. The fraction of sp³-hybridized carbons (Fsp3) is 0.222. The van der Waals surface area contributed by atoms with E-state index in [9.17, 15) is 4.79 Å². The van der Waals surface area contributed by atoms with Gasteiger partial charge in [0.25, 0.3) is 0 Å². The molecule has 35 heavy (non-hydrogen) atoms. The second-order valence-corrected chi connectivity index (χ2v) is 10.1. The first-order chi connectivity index (χ1) is 16.9. The van der Waals surface area contributed by atoms with Gasteiger partial charge in [-0.05, 0) is 50.5 Å². The van der Waals surface area contributed by atoms with Crippen molar-refractivity contribution in [3.63, 3.8) is 0 Å². The molecular weight excluding hydrogens is 499 g/mol. The molecule has 0 radical (unpaired) electrons. The van der Waals surface area contributed by atoms with Gasteiger partial charge in [0.05, 0.1) is 21.5 Å². The Morgan fingerprint density at radius 2 is 1.74 bits per heavy atom. The number of hydrogen-bond acceptors (Lipinski definition) is 4. The molecular formula is C27H26Cl2N4OS. The number of benzene rings is 3. The van der Waals surface area contributed by atoms with Crippen LogP contribution < -0.4 is 5.32 Å². The highest BCUT2D eigenvalue weighted by Gasteiger charge is 2.18. The molecule has 3 aromatic carbocycles. The Morgan fingerprint density at radius 1 is 1.00 bits per heavy atom. The summed E-state index contributed by atoms with van der Waals surface area (Å²) in [7, 11) is 0. The van der Waals surface area contributed by atoms with Crippen LogP contribution in [0, 0.1) is 6.92 Å². The van der Waals surface area contributed by atoms with Crippen LogP contribution in [-0.4, -0.2) is 32.5 Å². The van der Waals surface area contributed by atoms with Gasteiger partial charge in [-0.3, -0.25) is 9.36 Å². The van der Waals surface area contributed by atoms with E-state index >= 15 is 0 Å². The van der Waals surface area contributed by atoms with Crippen LogP contribution in [0.5, 0.6) is 0 Å². The molecule has 0 saturated carbocycles. The molecule has 0 aliphatic rings. The van der Waals surface area contributed by atoms with Crippen LogP contribution >= 0.6 is 35.0 Å². The molecule has 0 fully saturated rings. The van der Waals surface area contributed by atoms with Crippen molar-refractivity contribution in [1.82, 2.24) is 20.1 Å². The number of hydrogen-bond donors (Lipinski definition) is 1. The van der Waals surface area contributed by atoms with Gasteiger partial charge in [-0.1, -0.05) is 95.1 Å². The Kier molecular flexibility index (Phi) is 8.50. The van der Waals surface area contributed by atoms with Crippen LogP contribution in [-0.2, 0) is 11.2 Å². The average molecular weight is 526 g/mol. The predicted molar refractivity (Wildman–Crippen MR) is 145 cm³/mol. The number of aromatic nitrogens is 3. The molecule has 4 rings (SSSR count). The van der Waals surface area contributed by atoms with E-state index in [1.807, 2.05) is 66.9 Å². The Bertz CT molecular complexity index is 1290. The number of carbonyl (C=O) groups is 1. The van der Waals surface area contributed by atoms with Crippen molar-refractivity contribution in [3.8, 4) is 17.1 Å². The third-order valence-electron chi connectivity index (χ3n) is 5.55. The van der Waals surface area contributed by atoms with Gasteiger partial charge < -0.3 is 5.32 Å². The van der Waals surface area contributed by atoms with Gasteiger partial charge in [0.1, 0.15) is 0 Å². The van der Waals surface area contributed by atoms with E-state index in [-0.39, 0.29) is 17.7 Å². The van der Waals surface area contributed by atoms with Crippen LogP contribution in [0.2, 0.25) is 10.0 Å². The standard InChI is InChI=1S/C27H26Cl2N4OS/c1-18-8-12-21(13-9-18)26-31-32-27(33(26)22-14-15-23(28)24(29)16-22)35-17-25(34)30-19(2)10-11-20-6-4-3-5-7-20/h3-9,12-16,19H,10-11,17H2,1-2H3,(H,30,34). The molecule has 0 bridgehead atoms. The highest BCUT2D eigenvalue weighted by atomic mass is 35.5. The fourth-order valence-corrected chi connectivity index (χ4v) is 4.71. The Balaban J connectivity index is 1.48. The van der Waals surface area contributed by atoms with Crippen molar-refractivity contribution >= 4 is 40.9 Å². The summed E-state index contributed by atoms with van der Waals surface area (Å²) in [6.07, 6.45) is 1.79. The first kappa shape index (κ1) is 25.3. The maximum Gasteiger partial charge on any atom is 0.230 e. The highest BCUT2D eigenvalue weighted by Crippen LogP contribution is 2.31. The quantitative estimate of drug-likeness (QED) is 0.245. The van der Waals surface area contributed by atoms with Crippen LogP contribution in [0.4, 0.5) is 0 Å². The number of rotatable bonds is 9. The molecule has 1 unspecified atom stereocenters. The molecule has 0 spiro atoms. The number of aryl methyl sites for hydroxylation is 2. The Labute approximate surface area is 219 Å². The van der Waals surface area contributed by atoms with Gasteiger partial charge in [-0.25, -0.2) is 0 Å². The monoisotopic (exact) mass is 524 g/mol. The van der Waals surface area contributed by atoms with E-state index in [0.29, 0.717) is 21.0 Å². The molecule has 0 saturated heterocycles. The number of amides is 1. The normalized spacial score (nSPS) is 11.9. The van der Waals surface area contributed by atoms with Gasteiger partial charge in [-0.15, -0.1) is 10.2 Å². The molecule has 0 aliphatic heterocycles. The van der Waals surface area contributed by atoms with Crippen molar-refractivity contribution in [2.45, 2.75) is 37.9 Å². The second-order valence-electron chi connectivity index (χ2n) is 8.39. The molecule has 1 aromatic heterocycles. The summed E-state index contributed by atoms with van der Waals surface area (Å²) in [6.45, 7) is 4.06. The SMILES string of the molecule is Cc1ccc(-c2nnc(SCC(=O)NC(C)CCc3ccccc3)n2-c2ccc(Cl)c(Cl)c2)cc1. The van der Waals surface area contributed by atoms with E-state index in [0.717, 1.165) is 29.7 Å². The molecule has 1 amide bonds. The zero-order valence-corrected chi connectivity index (χ0v) is 21.9. The molecule has 1 N–H and O–H groups in total. The summed E-state index contributed by atoms with van der Waals surface area (Å²) in [5.41, 5.74) is 4.11. The van der Waals surface area contributed by atoms with E-state index in [4.69, 9.17) is 23.2 Å². The van der Waals surface area contributed by atoms with Crippen LogP contribution in [0.3, 0.4) is 0 Å². The molecule has 1 heterocycles. The summed E-state index contributed by atoms with van der Waals surface area (Å²) in [6, 6.07) is 23.8. The second kappa shape index (κ2) is 11.8. The zero-order chi connectivity index (χ0) is 24.8. The van der Waals surface area contributed by atoms with E-state index in [1.54, 1.807) is 12.1 Å². The van der Waals surface area contributed by atoms with Gasteiger partial charge in [0, 0.05) is 11.6 Å². The molecule has 8 heteroatoms. The fourth-order valence-electron chi connectivity index (χ4n) is 3.66. The maximum atomic E-state index is 12.7. The van der Waals surface area contributed by atoms with Gasteiger partial charge >= 0.3 is 0 Å². The maximum absolute atomic E-state index is 12.7. The smallest absolute Gasteiger partial charge is 0.230 e. The number of halogens is 2. The number of nitrogens with zero attached hydrogens (tertiary/aromatic N) is 3. The number of thioether (sulfide) groups is 1. The summed E-state index contributed by atoms with van der Waals surface area (Å²) in [5, 5.41) is 13.4. The van der Waals surface area contributed by atoms with Crippen LogP contribution in [0.1, 0.15) is 24.5 Å². The Hall–Kier alpha value is -2.80. The van der Waals surface area contributed by atoms with Gasteiger partial charge in [0.2, 0.25) is 5.91 Å². The largest absolute Gasteiger partial charge is 0.353 e. The first-order valence-corrected chi connectivity index (χ1v) is 13.1. The lowest BCUT2D eigenvalue weighted by Gasteiger charge is -2.14. The van der Waals surface area contributed by atoms with Crippen LogP contribution in [0.25, 0.3) is 17.1 Å². The molecule has 1 atom stereocenters. The summed E-state index contributed by atoms with van der Waals surface area (Å²) < 4.78 is 1.91.